The molecule has 0 fully saturated rings. The summed E-state index contributed by atoms with van der Waals surface area (Å²) in [5.41, 5.74) is 1.35. The van der Waals surface area contributed by atoms with Crippen molar-refractivity contribution < 1.29 is 18.0 Å². The van der Waals surface area contributed by atoms with E-state index in [-0.39, 0.29) is 28.0 Å². The molecule has 1 heterocycles. The molecular weight excluding hydrogens is 281 g/mol. The summed E-state index contributed by atoms with van der Waals surface area (Å²) in [6.07, 6.45) is 0. The molecule has 0 saturated heterocycles. The molecule has 0 saturated carbocycles. The number of hydrogen-bond acceptors (Lipinski definition) is 4. The van der Waals surface area contributed by atoms with E-state index >= 15 is 0 Å². The molecule has 5 nitrogen and oxygen atoms in total. The molecule has 0 aliphatic heterocycles. The zero-order valence-electron chi connectivity index (χ0n) is 9.23. The zero-order valence-corrected chi connectivity index (χ0v) is 10.0. The largest absolute Gasteiger partial charge is 0.446 e. The molecule has 9 heteroatoms. The highest BCUT2D eigenvalue weighted by atomic mass is 32.2. The lowest BCUT2D eigenvalue weighted by molar-refractivity contribution is -0.0328. The van der Waals surface area contributed by atoms with Crippen LogP contribution in [0, 0.1) is 0 Å². The Bertz CT molecular complexity index is 594. The number of aromatic amines is 1. The number of nitrogens with two attached hydrogens (primary N) is 1. The van der Waals surface area contributed by atoms with E-state index in [0.29, 0.717) is 5.56 Å². The van der Waals surface area contributed by atoms with Crippen LogP contribution in [0.3, 0.4) is 0 Å². The molecular formula is C10H7F3N4OS. The Balaban J connectivity index is 2.28. The van der Waals surface area contributed by atoms with E-state index in [1.165, 1.54) is 24.3 Å². The number of aromatic nitrogens is 3. The van der Waals surface area contributed by atoms with E-state index in [1.807, 2.05) is 0 Å². The van der Waals surface area contributed by atoms with Crippen LogP contribution in [-0.4, -0.2) is 26.8 Å². The van der Waals surface area contributed by atoms with Crippen LogP contribution < -0.4 is 5.73 Å². The van der Waals surface area contributed by atoms with Crippen LogP contribution >= 0.6 is 11.8 Å². The number of carbonyl (C=O) groups is 1. The summed E-state index contributed by atoms with van der Waals surface area (Å²) in [6.45, 7) is 0. The highest BCUT2D eigenvalue weighted by molar-refractivity contribution is 8.00. The first-order valence-electron chi connectivity index (χ1n) is 4.93. The smallest absolute Gasteiger partial charge is 0.364 e. The number of nitrogens with one attached hydrogen (secondary N) is 1. The molecule has 2 rings (SSSR count). The van der Waals surface area contributed by atoms with Crippen LogP contribution in [0.5, 0.6) is 0 Å². The number of rotatable bonds is 3. The Morgan fingerprint density at radius 2 is 1.84 bits per heavy atom. The van der Waals surface area contributed by atoms with E-state index in [0.717, 1.165) is 0 Å². The number of hydrogen-bond donors (Lipinski definition) is 2. The zero-order chi connectivity index (χ0) is 14.0. The van der Waals surface area contributed by atoms with Crippen LogP contribution in [0.2, 0.25) is 0 Å². The molecule has 0 radical (unpaired) electrons. The van der Waals surface area contributed by atoms with Crippen LogP contribution in [0.4, 0.5) is 13.2 Å². The summed E-state index contributed by atoms with van der Waals surface area (Å²) in [4.78, 5) is 11.1. The summed E-state index contributed by atoms with van der Waals surface area (Å²) >= 11 is -0.218. The lowest BCUT2D eigenvalue weighted by Gasteiger charge is -2.05. The van der Waals surface area contributed by atoms with Crippen LogP contribution in [0.1, 0.15) is 10.5 Å². The Morgan fingerprint density at radius 1 is 1.21 bits per heavy atom. The number of alkyl halides is 3. The number of nitrogens with zero attached hydrogens (tertiary/aromatic N) is 2. The predicted molar refractivity (Wildman–Crippen MR) is 62.2 cm³/mol. The van der Waals surface area contributed by atoms with Crippen LogP contribution in [0.15, 0.2) is 29.2 Å². The molecule has 1 aromatic carbocycles. The van der Waals surface area contributed by atoms with Gasteiger partial charge in [0.15, 0.2) is 5.69 Å². The quantitative estimate of drug-likeness (QED) is 0.848. The molecule has 0 atom stereocenters. The van der Waals surface area contributed by atoms with E-state index in [2.05, 4.69) is 15.4 Å². The Kier molecular flexibility index (Phi) is 3.47. The molecule has 0 bridgehead atoms. The minimum Gasteiger partial charge on any atom is -0.364 e. The van der Waals surface area contributed by atoms with Crippen molar-refractivity contribution >= 4 is 17.7 Å². The van der Waals surface area contributed by atoms with Crippen molar-refractivity contribution in [1.82, 2.24) is 15.4 Å². The molecule has 0 spiro atoms. The number of benzene rings is 1. The third kappa shape index (κ3) is 3.25. The summed E-state index contributed by atoms with van der Waals surface area (Å²) in [6, 6.07) is 5.40. The van der Waals surface area contributed by atoms with Gasteiger partial charge in [-0.25, -0.2) is 0 Å². The van der Waals surface area contributed by atoms with Gasteiger partial charge in [0.05, 0.1) is 0 Å². The van der Waals surface area contributed by atoms with Gasteiger partial charge in [0.1, 0.15) is 5.69 Å². The van der Waals surface area contributed by atoms with Crippen LogP contribution in [0.25, 0.3) is 11.3 Å². The van der Waals surface area contributed by atoms with E-state index in [9.17, 15) is 18.0 Å². The van der Waals surface area contributed by atoms with Gasteiger partial charge in [-0.3, -0.25) is 4.79 Å². The third-order valence-electron chi connectivity index (χ3n) is 2.14. The number of primary amides is 1. The Morgan fingerprint density at radius 3 is 2.37 bits per heavy atom. The third-order valence-corrected chi connectivity index (χ3v) is 2.88. The molecule has 100 valence electrons. The number of thioether (sulfide) groups is 1. The van der Waals surface area contributed by atoms with E-state index < -0.39 is 11.4 Å². The maximum absolute atomic E-state index is 12.2. The number of halogens is 3. The first kappa shape index (κ1) is 13.4. The fraction of sp³-hybridized carbons (Fsp3) is 0.100. The topological polar surface area (TPSA) is 84.7 Å². The number of amides is 1. The molecule has 1 aromatic heterocycles. The molecule has 0 aliphatic rings. The summed E-state index contributed by atoms with van der Waals surface area (Å²) in [5.74, 6) is -0.766. The average Bonchev–Trinajstić information content (AvgIpc) is 2.76. The van der Waals surface area contributed by atoms with Crippen molar-refractivity contribution in [3.05, 3.63) is 30.0 Å². The van der Waals surface area contributed by atoms with Crippen molar-refractivity contribution in [2.45, 2.75) is 10.4 Å². The Hall–Kier alpha value is -2.03. The highest BCUT2D eigenvalue weighted by Gasteiger charge is 2.29. The van der Waals surface area contributed by atoms with Crippen molar-refractivity contribution in [2.75, 3.05) is 0 Å². The van der Waals surface area contributed by atoms with Gasteiger partial charge in [0, 0.05) is 10.5 Å². The second-order valence-electron chi connectivity index (χ2n) is 3.46. The van der Waals surface area contributed by atoms with Gasteiger partial charge < -0.3 is 5.73 Å². The highest BCUT2D eigenvalue weighted by Crippen LogP contribution is 2.37. The standard InChI is InChI=1S/C10H7F3N4OS/c11-10(12,13)19-6-3-1-5(2-4-6)7-8(9(14)18)16-17-15-7/h1-4H,(H2,14,18)(H,15,16,17). The SMILES string of the molecule is NC(=O)c1n[nH]nc1-c1ccc(SC(F)(F)F)cc1. The lowest BCUT2D eigenvalue weighted by atomic mass is 10.1. The normalized spacial score (nSPS) is 11.5. The number of H-pyrrole nitrogens is 1. The summed E-state index contributed by atoms with van der Waals surface area (Å²) in [5, 5.41) is 9.57. The van der Waals surface area contributed by atoms with Gasteiger partial charge in [-0.15, -0.1) is 0 Å². The fourth-order valence-electron chi connectivity index (χ4n) is 1.42. The van der Waals surface area contributed by atoms with Gasteiger partial charge in [-0.05, 0) is 23.9 Å². The fourth-order valence-corrected chi connectivity index (χ4v) is 1.96. The van der Waals surface area contributed by atoms with Gasteiger partial charge in [0.2, 0.25) is 0 Å². The molecule has 3 N–H and O–H groups in total. The second-order valence-corrected chi connectivity index (χ2v) is 4.60. The summed E-state index contributed by atoms with van der Waals surface area (Å²) in [7, 11) is 0. The maximum Gasteiger partial charge on any atom is 0.446 e. The second kappa shape index (κ2) is 4.92. The molecule has 1 amide bonds. The van der Waals surface area contributed by atoms with Gasteiger partial charge >= 0.3 is 5.51 Å². The van der Waals surface area contributed by atoms with E-state index in [1.54, 1.807) is 0 Å². The molecule has 19 heavy (non-hydrogen) atoms. The average molecular weight is 288 g/mol. The predicted octanol–water partition coefficient (Wildman–Crippen LogP) is 2.18. The van der Waals surface area contributed by atoms with Crippen LogP contribution in [-0.2, 0) is 0 Å². The minimum atomic E-state index is -4.34. The molecule has 0 unspecified atom stereocenters. The summed E-state index contributed by atoms with van der Waals surface area (Å²) < 4.78 is 36.5. The lowest BCUT2D eigenvalue weighted by Crippen LogP contribution is -2.12. The van der Waals surface area contributed by atoms with Crippen molar-refractivity contribution in [3.8, 4) is 11.3 Å². The Labute approximate surface area is 109 Å². The monoisotopic (exact) mass is 288 g/mol. The van der Waals surface area contributed by atoms with Gasteiger partial charge in [-0.1, -0.05) is 12.1 Å². The van der Waals surface area contributed by atoms with Gasteiger partial charge in [0.25, 0.3) is 5.91 Å². The number of carbonyl (C=O) groups excluding carboxylic acids is 1. The van der Waals surface area contributed by atoms with Crippen molar-refractivity contribution in [3.63, 3.8) is 0 Å². The maximum atomic E-state index is 12.2. The minimum absolute atomic E-state index is 0.0420. The molecule has 2 aromatic rings. The van der Waals surface area contributed by atoms with E-state index in [4.69, 9.17) is 5.73 Å². The molecule has 0 aliphatic carbocycles. The first-order valence-corrected chi connectivity index (χ1v) is 5.75. The first-order chi connectivity index (χ1) is 8.87. The van der Waals surface area contributed by atoms with Gasteiger partial charge in [-0.2, -0.15) is 28.6 Å². The van der Waals surface area contributed by atoms with Crippen molar-refractivity contribution in [2.24, 2.45) is 5.73 Å². The van der Waals surface area contributed by atoms with Crippen molar-refractivity contribution in [1.29, 1.82) is 0 Å².